The van der Waals surface area contributed by atoms with Crippen LogP contribution in [0.25, 0.3) is 0 Å². The standard InChI is InChI=1S/C8H15FO3S/c1-2-7-3-5-8(6-4-7)13(10,11)12-9/h7-8H,2-6H2,1H3. The molecular weight excluding hydrogens is 195 g/mol. The minimum atomic E-state index is -3.92. The Morgan fingerprint density at radius 1 is 1.31 bits per heavy atom. The molecule has 1 saturated carbocycles. The van der Waals surface area contributed by atoms with Gasteiger partial charge in [0.15, 0.2) is 0 Å². The Morgan fingerprint density at radius 3 is 2.23 bits per heavy atom. The summed E-state index contributed by atoms with van der Waals surface area (Å²) in [6, 6.07) is 0. The maximum absolute atomic E-state index is 11.6. The predicted octanol–water partition coefficient (Wildman–Crippen LogP) is 2.19. The fourth-order valence-corrected chi connectivity index (χ4v) is 2.83. The first-order chi connectivity index (χ1) is 6.10. The topological polar surface area (TPSA) is 43.4 Å². The third-order valence-electron chi connectivity index (χ3n) is 2.87. The summed E-state index contributed by atoms with van der Waals surface area (Å²) in [7, 11) is -3.92. The van der Waals surface area contributed by atoms with Gasteiger partial charge in [0, 0.05) is 0 Å². The minimum absolute atomic E-state index is 0.532. The Balaban J connectivity index is 2.50. The molecule has 1 fully saturated rings. The zero-order chi connectivity index (χ0) is 9.90. The van der Waals surface area contributed by atoms with Crippen molar-refractivity contribution < 1.29 is 17.3 Å². The van der Waals surface area contributed by atoms with Crippen LogP contribution < -0.4 is 0 Å². The molecule has 0 unspecified atom stereocenters. The van der Waals surface area contributed by atoms with Crippen molar-refractivity contribution in [1.29, 1.82) is 0 Å². The molecule has 0 aromatic carbocycles. The van der Waals surface area contributed by atoms with Gasteiger partial charge in [-0.1, -0.05) is 17.7 Å². The summed E-state index contributed by atoms with van der Waals surface area (Å²) in [4.78, 5) is 0. The maximum atomic E-state index is 11.6. The molecule has 0 saturated heterocycles. The number of hydrogen-bond acceptors (Lipinski definition) is 3. The van der Waals surface area contributed by atoms with Crippen LogP contribution in [0.3, 0.4) is 0 Å². The van der Waals surface area contributed by atoms with Crippen LogP contribution in [-0.2, 0) is 14.5 Å². The molecule has 0 aromatic heterocycles. The van der Waals surface area contributed by atoms with Gasteiger partial charge in [-0.3, -0.25) is 0 Å². The summed E-state index contributed by atoms with van der Waals surface area (Å²) < 4.78 is 36.6. The zero-order valence-electron chi connectivity index (χ0n) is 7.70. The van der Waals surface area contributed by atoms with Gasteiger partial charge in [0.05, 0.1) is 5.25 Å². The van der Waals surface area contributed by atoms with E-state index in [1.165, 1.54) is 0 Å². The average Bonchev–Trinajstić information content (AvgIpc) is 2.18. The maximum Gasteiger partial charge on any atom is 0.300 e. The van der Waals surface area contributed by atoms with Crippen molar-refractivity contribution in [3.63, 3.8) is 0 Å². The SMILES string of the molecule is CCC1CCC(S(=O)(=O)OF)CC1. The third kappa shape index (κ3) is 2.64. The Morgan fingerprint density at radius 2 is 1.85 bits per heavy atom. The van der Waals surface area contributed by atoms with Crippen LogP contribution in [0.2, 0.25) is 0 Å². The summed E-state index contributed by atoms with van der Waals surface area (Å²) in [5.41, 5.74) is 0. The van der Waals surface area contributed by atoms with Gasteiger partial charge in [-0.15, -0.1) is 0 Å². The second-order valence-electron chi connectivity index (χ2n) is 3.61. The van der Waals surface area contributed by atoms with Crippen molar-refractivity contribution >= 4 is 10.1 Å². The van der Waals surface area contributed by atoms with Crippen LogP contribution in [-0.4, -0.2) is 13.7 Å². The monoisotopic (exact) mass is 210 g/mol. The first-order valence-electron chi connectivity index (χ1n) is 4.64. The molecule has 0 aliphatic heterocycles. The first-order valence-corrected chi connectivity index (χ1v) is 6.11. The highest BCUT2D eigenvalue weighted by molar-refractivity contribution is 7.87. The van der Waals surface area contributed by atoms with Crippen LogP contribution in [0.1, 0.15) is 39.0 Å². The molecule has 0 spiro atoms. The van der Waals surface area contributed by atoms with Crippen LogP contribution in [0.15, 0.2) is 0 Å². The van der Waals surface area contributed by atoms with E-state index in [4.69, 9.17) is 0 Å². The van der Waals surface area contributed by atoms with Gasteiger partial charge in [-0.2, -0.15) is 8.42 Å². The van der Waals surface area contributed by atoms with Crippen molar-refractivity contribution in [2.45, 2.75) is 44.3 Å². The molecule has 0 amide bonds. The van der Waals surface area contributed by atoms with Crippen molar-refractivity contribution in [2.75, 3.05) is 0 Å². The molecule has 1 aliphatic rings. The Hall–Kier alpha value is -0.160. The van der Waals surface area contributed by atoms with Crippen molar-refractivity contribution in [3.8, 4) is 0 Å². The molecule has 0 radical (unpaired) electrons. The lowest BCUT2D eigenvalue weighted by Gasteiger charge is -2.25. The van der Waals surface area contributed by atoms with E-state index >= 15 is 0 Å². The summed E-state index contributed by atoms with van der Waals surface area (Å²) in [5.74, 6) is 0.603. The highest BCUT2D eigenvalue weighted by atomic mass is 32.2. The van der Waals surface area contributed by atoms with Crippen molar-refractivity contribution in [2.24, 2.45) is 5.92 Å². The van der Waals surface area contributed by atoms with E-state index in [1.54, 1.807) is 0 Å². The summed E-state index contributed by atoms with van der Waals surface area (Å²) >= 11 is 0. The van der Waals surface area contributed by atoms with E-state index in [0.717, 1.165) is 19.3 Å². The van der Waals surface area contributed by atoms with E-state index in [1.807, 2.05) is 0 Å². The zero-order valence-corrected chi connectivity index (χ0v) is 8.52. The van der Waals surface area contributed by atoms with Crippen LogP contribution in [0.5, 0.6) is 0 Å². The molecule has 3 nitrogen and oxygen atoms in total. The molecule has 1 rings (SSSR count). The lowest BCUT2D eigenvalue weighted by molar-refractivity contribution is 0.0000597. The van der Waals surface area contributed by atoms with Gasteiger partial charge in [0.1, 0.15) is 0 Å². The average molecular weight is 210 g/mol. The van der Waals surface area contributed by atoms with Crippen LogP contribution in [0.4, 0.5) is 4.53 Å². The number of rotatable bonds is 3. The van der Waals surface area contributed by atoms with E-state index in [-0.39, 0.29) is 0 Å². The van der Waals surface area contributed by atoms with E-state index < -0.39 is 15.4 Å². The van der Waals surface area contributed by atoms with Crippen molar-refractivity contribution in [3.05, 3.63) is 0 Å². The molecule has 0 bridgehead atoms. The summed E-state index contributed by atoms with van der Waals surface area (Å²) in [6.07, 6.45) is 3.87. The molecule has 78 valence electrons. The van der Waals surface area contributed by atoms with Gasteiger partial charge < -0.3 is 0 Å². The highest BCUT2D eigenvalue weighted by Crippen LogP contribution is 2.30. The molecule has 13 heavy (non-hydrogen) atoms. The lowest BCUT2D eigenvalue weighted by Crippen LogP contribution is -2.27. The smallest absolute Gasteiger partial charge is 0.197 e. The van der Waals surface area contributed by atoms with E-state index in [9.17, 15) is 12.9 Å². The fourth-order valence-electron chi connectivity index (χ4n) is 1.88. The van der Waals surface area contributed by atoms with Crippen molar-refractivity contribution in [1.82, 2.24) is 0 Å². The summed E-state index contributed by atoms with van der Waals surface area (Å²) in [6.45, 7) is 2.09. The third-order valence-corrected chi connectivity index (χ3v) is 4.33. The normalized spacial score (nSPS) is 30.3. The molecule has 1 aliphatic carbocycles. The first kappa shape index (κ1) is 10.9. The fraction of sp³-hybridized carbons (Fsp3) is 1.00. The second-order valence-corrected chi connectivity index (χ2v) is 5.39. The van der Waals surface area contributed by atoms with Gasteiger partial charge in [0.2, 0.25) is 0 Å². The Bertz CT molecular complexity index is 242. The molecule has 0 atom stereocenters. The van der Waals surface area contributed by atoms with Crippen LogP contribution in [0, 0.1) is 5.92 Å². The van der Waals surface area contributed by atoms with Gasteiger partial charge in [0.25, 0.3) is 0 Å². The van der Waals surface area contributed by atoms with Gasteiger partial charge >= 0.3 is 10.1 Å². The van der Waals surface area contributed by atoms with E-state index in [2.05, 4.69) is 11.3 Å². The number of hydrogen-bond donors (Lipinski definition) is 0. The predicted molar refractivity (Wildman–Crippen MR) is 47.1 cm³/mol. The van der Waals surface area contributed by atoms with Gasteiger partial charge in [-0.25, -0.2) is 0 Å². The quantitative estimate of drug-likeness (QED) is 0.717. The molecular formula is C8H15FO3S. The molecule has 0 N–H and O–H groups in total. The summed E-state index contributed by atoms with van der Waals surface area (Å²) in [5, 5.41) is -0.625. The number of halogens is 1. The largest absolute Gasteiger partial charge is 0.300 e. The lowest BCUT2D eigenvalue weighted by atomic mass is 9.87. The molecule has 0 aromatic rings. The molecule has 0 heterocycles. The second kappa shape index (κ2) is 4.37. The van der Waals surface area contributed by atoms with Gasteiger partial charge in [-0.05, 0) is 36.1 Å². The Kier molecular flexibility index (Phi) is 3.67. The minimum Gasteiger partial charge on any atom is -0.197 e. The van der Waals surface area contributed by atoms with Crippen LogP contribution >= 0.6 is 0 Å². The Labute approximate surface area is 78.3 Å². The van der Waals surface area contributed by atoms with E-state index in [0.29, 0.717) is 18.8 Å². The highest BCUT2D eigenvalue weighted by Gasteiger charge is 2.31. The molecule has 5 heteroatoms.